The van der Waals surface area contributed by atoms with Crippen molar-refractivity contribution in [3.63, 3.8) is 0 Å². The van der Waals surface area contributed by atoms with Gasteiger partial charge in [0.2, 0.25) is 0 Å². The Morgan fingerprint density at radius 1 is 1.78 bits per heavy atom. The number of primary amides is 1. The molecule has 50 valence electrons. The van der Waals surface area contributed by atoms with Crippen LogP contribution in [0.4, 0.5) is 4.79 Å². The maximum absolute atomic E-state index is 8.78. The number of amides is 1. The molecule has 1 amide bonds. The lowest BCUT2D eigenvalue weighted by molar-refractivity contribution is 0.205. The maximum Gasteiger partial charge on any atom is 0.402 e. The summed E-state index contributed by atoms with van der Waals surface area (Å²) in [7, 11) is 0. The van der Waals surface area contributed by atoms with Gasteiger partial charge in [-0.3, -0.25) is 4.98 Å². The SMILES string of the molecule is NC(=O)O.c1cscn1. The molecule has 0 aliphatic rings. The molecule has 0 saturated carbocycles. The van der Waals surface area contributed by atoms with Crippen molar-refractivity contribution in [3.8, 4) is 0 Å². The van der Waals surface area contributed by atoms with Crippen LogP contribution in [-0.4, -0.2) is 16.2 Å². The highest BCUT2D eigenvalue weighted by Crippen LogP contribution is 1.85. The standard InChI is InChI=1S/C3H3NS.CH3NO2/c1-2-5-3-4-1;2-1(3)4/h1-3H;2H2,(H,3,4). The summed E-state index contributed by atoms with van der Waals surface area (Å²) in [6.45, 7) is 0. The third-order valence-corrected chi connectivity index (χ3v) is 0.869. The highest BCUT2D eigenvalue weighted by molar-refractivity contribution is 7.07. The molecule has 0 atom stereocenters. The van der Waals surface area contributed by atoms with E-state index in [0.29, 0.717) is 0 Å². The number of aromatic nitrogens is 1. The molecule has 0 saturated heterocycles. The van der Waals surface area contributed by atoms with E-state index in [1.807, 2.05) is 5.38 Å². The first-order valence-corrected chi connectivity index (χ1v) is 2.98. The summed E-state index contributed by atoms with van der Waals surface area (Å²) < 4.78 is 0. The number of hydrogen-bond donors (Lipinski definition) is 2. The Morgan fingerprint density at radius 3 is 2.44 bits per heavy atom. The summed E-state index contributed by atoms with van der Waals surface area (Å²) in [5.74, 6) is 0. The molecule has 0 aromatic carbocycles. The van der Waals surface area contributed by atoms with Crippen LogP contribution in [-0.2, 0) is 0 Å². The van der Waals surface area contributed by atoms with Gasteiger partial charge in [0, 0.05) is 11.6 Å². The third-order valence-electron chi connectivity index (χ3n) is 0.347. The van der Waals surface area contributed by atoms with Crippen LogP contribution in [0, 0.1) is 0 Å². The molecule has 0 radical (unpaired) electrons. The average molecular weight is 146 g/mol. The Hall–Kier alpha value is -1.10. The van der Waals surface area contributed by atoms with Crippen molar-refractivity contribution in [3.05, 3.63) is 17.1 Å². The highest BCUT2D eigenvalue weighted by Gasteiger charge is 1.65. The molecule has 1 aromatic rings. The number of nitrogens with zero attached hydrogens (tertiary/aromatic N) is 1. The Bertz CT molecular complexity index is 130. The van der Waals surface area contributed by atoms with Gasteiger partial charge in [-0.15, -0.1) is 11.3 Å². The molecule has 3 N–H and O–H groups in total. The zero-order valence-corrected chi connectivity index (χ0v) is 5.34. The average Bonchev–Trinajstić information content (AvgIpc) is 2.11. The quantitative estimate of drug-likeness (QED) is 0.567. The van der Waals surface area contributed by atoms with Crippen LogP contribution < -0.4 is 5.73 Å². The van der Waals surface area contributed by atoms with Crippen molar-refractivity contribution in [1.82, 2.24) is 4.98 Å². The van der Waals surface area contributed by atoms with Gasteiger partial charge in [-0.05, 0) is 0 Å². The topological polar surface area (TPSA) is 76.2 Å². The first-order valence-electron chi connectivity index (χ1n) is 2.04. The van der Waals surface area contributed by atoms with E-state index in [4.69, 9.17) is 9.90 Å². The number of carbonyl (C=O) groups is 1. The van der Waals surface area contributed by atoms with Crippen molar-refractivity contribution < 1.29 is 9.90 Å². The Labute approximate surface area is 56.0 Å². The second kappa shape index (κ2) is 5.04. The molecule has 0 aliphatic heterocycles. The van der Waals surface area contributed by atoms with Crippen molar-refractivity contribution in [2.24, 2.45) is 5.73 Å². The largest absolute Gasteiger partial charge is 0.465 e. The minimum atomic E-state index is -1.33. The van der Waals surface area contributed by atoms with Gasteiger partial charge < -0.3 is 10.8 Å². The van der Waals surface area contributed by atoms with Gasteiger partial charge in [0.1, 0.15) is 0 Å². The van der Waals surface area contributed by atoms with Gasteiger partial charge in [0.15, 0.2) is 0 Å². The van der Waals surface area contributed by atoms with Gasteiger partial charge in [0.05, 0.1) is 5.51 Å². The van der Waals surface area contributed by atoms with E-state index < -0.39 is 6.09 Å². The van der Waals surface area contributed by atoms with Crippen molar-refractivity contribution >= 4 is 17.4 Å². The lowest BCUT2D eigenvalue weighted by atomic mass is 11.0. The fraction of sp³-hybridized carbons (Fsp3) is 0. The van der Waals surface area contributed by atoms with Crippen LogP contribution >= 0.6 is 11.3 Å². The Kier molecular flexibility index (Phi) is 4.43. The maximum atomic E-state index is 8.78. The molecule has 0 unspecified atom stereocenters. The molecule has 0 bridgehead atoms. The monoisotopic (exact) mass is 146 g/mol. The zero-order valence-electron chi connectivity index (χ0n) is 4.52. The van der Waals surface area contributed by atoms with Gasteiger partial charge in [-0.25, -0.2) is 4.79 Å². The summed E-state index contributed by atoms with van der Waals surface area (Å²) in [4.78, 5) is 12.5. The molecule has 9 heavy (non-hydrogen) atoms. The number of rotatable bonds is 0. The third kappa shape index (κ3) is 10.9. The van der Waals surface area contributed by atoms with Gasteiger partial charge in [-0.1, -0.05) is 0 Å². The number of hydrogen-bond acceptors (Lipinski definition) is 3. The van der Waals surface area contributed by atoms with E-state index in [0.717, 1.165) is 0 Å². The van der Waals surface area contributed by atoms with Gasteiger partial charge >= 0.3 is 6.09 Å². The minimum absolute atomic E-state index is 1.33. The Balaban J connectivity index is 0.000000148. The normalized spacial score (nSPS) is 7.11. The summed E-state index contributed by atoms with van der Waals surface area (Å²) in [6.07, 6.45) is 0.435. The molecule has 1 aromatic heterocycles. The highest BCUT2D eigenvalue weighted by atomic mass is 32.1. The number of carboxylic acid groups (broad SMARTS) is 1. The molecular weight excluding hydrogens is 140 g/mol. The molecule has 4 nitrogen and oxygen atoms in total. The first kappa shape index (κ1) is 7.90. The van der Waals surface area contributed by atoms with E-state index in [2.05, 4.69) is 10.7 Å². The van der Waals surface area contributed by atoms with Crippen molar-refractivity contribution in [1.29, 1.82) is 0 Å². The minimum Gasteiger partial charge on any atom is -0.465 e. The van der Waals surface area contributed by atoms with E-state index in [9.17, 15) is 0 Å². The van der Waals surface area contributed by atoms with Crippen molar-refractivity contribution in [2.45, 2.75) is 0 Å². The van der Waals surface area contributed by atoms with Crippen LogP contribution in [0.3, 0.4) is 0 Å². The molecule has 1 rings (SSSR count). The number of nitrogens with two attached hydrogens (primary N) is 1. The Morgan fingerprint density at radius 2 is 2.33 bits per heavy atom. The zero-order chi connectivity index (χ0) is 7.11. The molecule has 1 heterocycles. The van der Waals surface area contributed by atoms with Gasteiger partial charge in [0.25, 0.3) is 0 Å². The summed E-state index contributed by atoms with van der Waals surface area (Å²) in [5, 5.41) is 9.12. The summed E-state index contributed by atoms with van der Waals surface area (Å²) in [6, 6.07) is 0. The first-order chi connectivity index (χ1) is 4.23. The van der Waals surface area contributed by atoms with Crippen LogP contribution in [0.1, 0.15) is 0 Å². The van der Waals surface area contributed by atoms with E-state index in [-0.39, 0.29) is 0 Å². The van der Waals surface area contributed by atoms with Crippen LogP contribution in [0.15, 0.2) is 17.1 Å². The van der Waals surface area contributed by atoms with E-state index in [1.54, 1.807) is 23.0 Å². The van der Waals surface area contributed by atoms with Crippen LogP contribution in [0.25, 0.3) is 0 Å². The molecule has 5 heteroatoms. The van der Waals surface area contributed by atoms with Gasteiger partial charge in [-0.2, -0.15) is 0 Å². The molecule has 0 spiro atoms. The number of thiazole rings is 1. The molecule has 0 aliphatic carbocycles. The summed E-state index contributed by atoms with van der Waals surface area (Å²) >= 11 is 1.60. The molecule has 0 fully saturated rings. The predicted octanol–water partition coefficient (Wildman–Crippen LogP) is 0.766. The fourth-order valence-electron chi connectivity index (χ4n) is 0.176. The summed E-state index contributed by atoms with van der Waals surface area (Å²) in [5.41, 5.74) is 5.82. The van der Waals surface area contributed by atoms with E-state index >= 15 is 0 Å². The fourth-order valence-corrected chi connectivity index (χ4v) is 0.527. The van der Waals surface area contributed by atoms with E-state index in [1.165, 1.54) is 0 Å². The smallest absolute Gasteiger partial charge is 0.402 e. The lowest BCUT2D eigenvalue weighted by Gasteiger charge is -1.61. The van der Waals surface area contributed by atoms with Crippen molar-refractivity contribution in [2.75, 3.05) is 0 Å². The van der Waals surface area contributed by atoms with Crippen LogP contribution in [0.5, 0.6) is 0 Å². The predicted molar refractivity (Wildman–Crippen MR) is 34.3 cm³/mol. The second-order valence-electron chi connectivity index (χ2n) is 1.01. The molecular formula is C4H6N2O2S. The lowest BCUT2D eigenvalue weighted by Crippen LogP contribution is -2.03. The second-order valence-corrected chi connectivity index (χ2v) is 1.77. The van der Waals surface area contributed by atoms with Crippen LogP contribution in [0.2, 0.25) is 0 Å².